The summed E-state index contributed by atoms with van der Waals surface area (Å²) in [5.41, 5.74) is -1.98. The predicted octanol–water partition coefficient (Wildman–Crippen LogP) is -0.560. The monoisotopic (exact) mass is 239 g/mol. The van der Waals surface area contributed by atoms with E-state index in [1.54, 1.807) is 0 Å². The summed E-state index contributed by atoms with van der Waals surface area (Å²) >= 11 is 0. The summed E-state index contributed by atoms with van der Waals surface area (Å²) in [5, 5.41) is 12.3. The first-order valence-electron chi connectivity index (χ1n) is 5.42. The first kappa shape index (κ1) is 11.6. The van der Waals surface area contributed by atoms with Gasteiger partial charge in [-0.15, -0.1) is 0 Å². The summed E-state index contributed by atoms with van der Waals surface area (Å²) < 4.78 is 1.86. The van der Waals surface area contributed by atoms with Crippen molar-refractivity contribution in [1.82, 2.24) is 14.3 Å². The van der Waals surface area contributed by atoms with Crippen LogP contribution in [0, 0.1) is 5.92 Å². The molecule has 17 heavy (non-hydrogen) atoms. The van der Waals surface area contributed by atoms with E-state index in [1.807, 2.05) is 0 Å². The van der Waals surface area contributed by atoms with E-state index >= 15 is 0 Å². The van der Waals surface area contributed by atoms with E-state index in [0.717, 1.165) is 28.5 Å². The maximum absolute atomic E-state index is 11.8. The number of hydrogen-bond donors (Lipinski definition) is 1. The van der Waals surface area contributed by atoms with Crippen LogP contribution in [0.2, 0.25) is 0 Å². The third kappa shape index (κ3) is 2.00. The van der Waals surface area contributed by atoms with Crippen LogP contribution in [0.3, 0.4) is 0 Å². The first-order valence-corrected chi connectivity index (χ1v) is 5.42. The molecular weight excluding hydrogens is 226 g/mol. The molecule has 92 valence electrons. The van der Waals surface area contributed by atoms with Gasteiger partial charge in [-0.05, 0) is 18.8 Å². The molecule has 0 saturated heterocycles. The number of aromatic carboxylic acids is 1. The largest absolute Gasteiger partial charge is 0.476 e. The van der Waals surface area contributed by atoms with Gasteiger partial charge in [0.05, 0.1) is 0 Å². The van der Waals surface area contributed by atoms with Crippen LogP contribution in [0.25, 0.3) is 0 Å². The molecule has 7 heteroatoms. The lowest BCUT2D eigenvalue weighted by molar-refractivity contribution is 0.0683. The molecule has 1 aromatic heterocycles. The maximum Gasteiger partial charge on any atom is 0.362 e. The number of carbonyl (C=O) groups is 1. The Morgan fingerprint density at radius 3 is 2.59 bits per heavy atom. The van der Waals surface area contributed by atoms with Crippen LogP contribution in [0.1, 0.15) is 29.8 Å². The summed E-state index contributed by atoms with van der Waals surface area (Å²) in [7, 11) is 1.34. The van der Waals surface area contributed by atoms with Gasteiger partial charge in [0.15, 0.2) is 0 Å². The highest BCUT2D eigenvalue weighted by atomic mass is 16.4. The minimum absolute atomic E-state index is 0.286. The number of aromatic nitrogens is 3. The van der Waals surface area contributed by atoms with E-state index in [4.69, 9.17) is 5.11 Å². The van der Waals surface area contributed by atoms with Crippen molar-refractivity contribution in [1.29, 1.82) is 0 Å². The molecule has 1 heterocycles. The number of carboxylic acids is 1. The van der Waals surface area contributed by atoms with Crippen LogP contribution in [0.4, 0.5) is 0 Å². The number of nitrogens with zero attached hydrogens (tertiary/aromatic N) is 3. The fourth-order valence-electron chi connectivity index (χ4n) is 1.85. The lowest BCUT2D eigenvalue weighted by Gasteiger charge is -2.25. The van der Waals surface area contributed by atoms with Gasteiger partial charge < -0.3 is 5.11 Å². The summed E-state index contributed by atoms with van der Waals surface area (Å²) in [5.74, 6) is -1.11. The van der Waals surface area contributed by atoms with Gasteiger partial charge in [0, 0.05) is 13.6 Å². The second-order valence-electron chi connectivity index (χ2n) is 4.27. The molecule has 1 aliphatic carbocycles. The summed E-state index contributed by atoms with van der Waals surface area (Å²) in [6, 6.07) is 0. The topological polar surface area (TPSA) is 94.2 Å². The van der Waals surface area contributed by atoms with Crippen molar-refractivity contribution in [3.8, 4) is 0 Å². The number of rotatable bonds is 3. The molecule has 0 aromatic carbocycles. The van der Waals surface area contributed by atoms with Gasteiger partial charge in [0.1, 0.15) is 0 Å². The lowest BCUT2D eigenvalue weighted by Crippen LogP contribution is -2.45. The molecular formula is C10H13N3O4. The van der Waals surface area contributed by atoms with Gasteiger partial charge in [-0.1, -0.05) is 6.42 Å². The van der Waals surface area contributed by atoms with Crippen LogP contribution in [-0.2, 0) is 13.6 Å². The van der Waals surface area contributed by atoms with Crippen molar-refractivity contribution in [3.05, 3.63) is 26.5 Å². The highest BCUT2D eigenvalue weighted by molar-refractivity contribution is 5.84. The zero-order valence-electron chi connectivity index (χ0n) is 9.42. The van der Waals surface area contributed by atoms with E-state index in [1.165, 1.54) is 7.05 Å². The summed E-state index contributed by atoms with van der Waals surface area (Å²) in [6.45, 7) is 0.286. The molecule has 1 fully saturated rings. The molecule has 7 nitrogen and oxygen atoms in total. The summed E-state index contributed by atoms with van der Waals surface area (Å²) in [4.78, 5) is 34.3. The molecule has 0 bridgehead atoms. The Balaban J connectivity index is 2.51. The first-order chi connectivity index (χ1) is 8.00. The van der Waals surface area contributed by atoms with E-state index in [0.29, 0.717) is 5.92 Å². The molecule has 1 N–H and O–H groups in total. The molecule has 0 spiro atoms. The van der Waals surface area contributed by atoms with E-state index in [2.05, 4.69) is 5.10 Å². The molecule has 1 aromatic rings. The second-order valence-corrected chi connectivity index (χ2v) is 4.27. The smallest absolute Gasteiger partial charge is 0.362 e. The Morgan fingerprint density at radius 1 is 1.47 bits per heavy atom. The van der Waals surface area contributed by atoms with Crippen LogP contribution >= 0.6 is 0 Å². The Labute approximate surface area is 96.3 Å². The average Bonchev–Trinajstić information content (AvgIpc) is 2.20. The summed E-state index contributed by atoms with van der Waals surface area (Å²) in [6.07, 6.45) is 3.04. The Bertz CT molecular complexity index is 568. The van der Waals surface area contributed by atoms with Crippen molar-refractivity contribution in [3.63, 3.8) is 0 Å². The minimum Gasteiger partial charge on any atom is -0.476 e. The SMILES string of the molecule is Cn1nc(C(=O)O)c(=O)n(CC2CCC2)c1=O. The molecule has 2 rings (SSSR count). The lowest BCUT2D eigenvalue weighted by atomic mass is 9.85. The normalized spacial score (nSPS) is 15.6. The van der Waals surface area contributed by atoms with Gasteiger partial charge in [0.25, 0.3) is 5.56 Å². The van der Waals surface area contributed by atoms with Crippen LogP contribution in [-0.4, -0.2) is 25.4 Å². The fourth-order valence-corrected chi connectivity index (χ4v) is 1.85. The van der Waals surface area contributed by atoms with Crippen molar-refractivity contribution in [2.45, 2.75) is 25.8 Å². The van der Waals surface area contributed by atoms with Gasteiger partial charge in [-0.3, -0.25) is 9.36 Å². The Kier molecular flexibility index (Phi) is 2.83. The fraction of sp³-hybridized carbons (Fsp3) is 0.600. The molecule has 0 aliphatic heterocycles. The van der Waals surface area contributed by atoms with Gasteiger partial charge in [0.2, 0.25) is 5.69 Å². The zero-order chi connectivity index (χ0) is 12.6. The number of hydrogen-bond acceptors (Lipinski definition) is 4. The maximum atomic E-state index is 11.8. The van der Waals surface area contributed by atoms with Gasteiger partial charge in [-0.2, -0.15) is 5.10 Å². The van der Waals surface area contributed by atoms with Crippen molar-refractivity contribution in [2.75, 3.05) is 0 Å². The van der Waals surface area contributed by atoms with E-state index in [9.17, 15) is 14.4 Å². The molecule has 1 aliphatic rings. The number of carboxylic acid groups (broad SMARTS) is 1. The molecule has 0 radical (unpaired) electrons. The van der Waals surface area contributed by atoms with Crippen LogP contribution in [0.5, 0.6) is 0 Å². The quantitative estimate of drug-likeness (QED) is 0.763. The van der Waals surface area contributed by atoms with E-state index < -0.39 is 22.9 Å². The third-order valence-electron chi connectivity index (χ3n) is 3.07. The molecule has 1 saturated carbocycles. The van der Waals surface area contributed by atoms with Gasteiger partial charge >= 0.3 is 11.7 Å². The minimum atomic E-state index is -1.41. The Morgan fingerprint density at radius 2 is 2.12 bits per heavy atom. The Hall–Kier alpha value is -1.92. The molecule has 0 unspecified atom stereocenters. The zero-order valence-corrected chi connectivity index (χ0v) is 9.42. The van der Waals surface area contributed by atoms with Crippen molar-refractivity contribution >= 4 is 5.97 Å². The average molecular weight is 239 g/mol. The molecule has 0 amide bonds. The van der Waals surface area contributed by atoms with E-state index in [-0.39, 0.29) is 6.54 Å². The second kappa shape index (κ2) is 4.15. The highest BCUT2D eigenvalue weighted by Crippen LogP contribution is 2.26. The third-order valence-corrected chi connectivity index (χ3v) is 3.07. The predicted molar refractivity (Wildman–Crippen MR) is 58.0 cm³/mol. The van der Waals surface area contributed by atoms with Crippen LogP contribution in [0.15, 0.2) is 9.59 Å². The molecule has 0 atom stereocenters. The number of aryl methyl sites for hydroxylation is 1. The standard InChI is InChI=1S/C10H13N3O4/c1-12-10(17)13(5-6-3-2-4-6)8(14)7(11-12)9(15)16/h6H,2-5H2,1H3,(H,15,16). The van der Waals surface area contributed by atoms with Crippen LogP contribution < -0.4 is 11.2 Å². The highest BCUT2D eigenvalue weighted by Gasteiger charge is 2.23. The van der Waals surface area contributed by atoms with Gasteiger partial charge in [-0.25, -0.2) is 14.3 Å². The van der Waals surface area contributed by atoms with Crippen molar-refractivity contribution in [2.24, 2.45) is 13.0 Å². The van der Waals surface area contributed by atoms with Crippen molar-refractivity contribution < 1.29 is 9.90 Å².